The van der Waals surface area contributed by atoms with Gasteiger partial charge in [0.05, 0.1) is 4.90 Å². The number of aryl methyl sites for hydroxylation is 1. The van der Waals surface area contributed by atoms with E-state index in [0.29, 0.717) is 12.3 Å². The van der Waals surface area contributed by atoms with Crippen molar-refractivity contribution in [1.29, 1.82) is 0 Å². The second kappa shape index (κ2) is 13.9. The first-order valence-corrected chi connectivity index (χ1v) is 12.9. The van der Waals surface area contributed by atoms with E-state index in [0.717, 1.165) is 12.0 Å². The molecule has 0 fully saturated rings. The van der Waals surface area contributed by atoms with Crippen LogP contribution in [0.25, 0.3) is 0 Å². The summed E-state index contributed by atoms with van der Waals surface area (Å²) in [4.78, 5) is 31.4. The Kier molecular flexibility index (Phi) is 14.2. The molecule has 12 N–H and O–H groups in total. The number of rotatable bonds is 6. The quantitative estimate of drug-likeness (QED) is 0.280. The van der Waals surface area contributed by atoms with Gasteiger partial charge in [0, 0.05) is 19.0 Å². The van der Waals surface area contributed by atoms with Gasteiger partial charge in [-0.05, 0) is 55.5 Å². The molecule has 0 saturated carbocycles. The molecule has 0 bridgehead atoms. The number of nitrogens with one attached hydrogen (secondary N) is 1. The molecular weight excluding hydrogens is 471 g/mol. The monoisotopic (exact) mass is 510 g/mol. The minimum absolute atomic E-state index is 0. The third kappa shape index (κ3) is 11.9. The number of allylic oxidation sites excluding steroid dienone is 1. The zero-order valence-corrected chi connectivity index (χ0v) is 21.9. The van der Waals surface area contributed by atoms with Gasteiger partial charge in [-0.1, -0.05) is 37.6 Å². The van der Waals surface area contributed by atoms with E-state index < -0.39 is 17.7 Å². The van der Waals surface area contributed by atoms with Crippen molar-refractivity contribution in [2.45, 2.75) is 63.9 Å². The van der Waals surface area contributed by atoms with Gasteiger partial charge in [0.2, 0.25) is 5.91 Å². The lowest BCUT2D eigenvalue weighted by atomic mass is 9.80. The molecule has 0 aliphatic heterocycles. The summed E-state index contributed by atoms with van der Waals surface area (Å²) in [6.45, 7) is 7.40. The fraction of sp³-hybridized carbons (Fsp3) is 0.550. The maximum atomic E-state index is 11.3. The zero-order chi connectivity index (χ0) is 24.0. The van der Waals surface area contributed by atoms with E-state index in [1.54, 1.807) is 12.1 Å². The average Bonchev–Trinajstić information content (AvgIpc) is 2.59. The smallest absolute Gasteiger partial charge is 0.217 e. The average molecular weight is 511 g/mol. The SMILES string of the molecule is CC(=O)N[C@@H](CC(C)C)[C@@H]1CC=C(P(=O)([O-])O)C[C@H]1N.Cc1ccc(S(=O)(=O)[O-])cc1.[NH4+].[NH4+]. The topological polar surface area (TPSA) is 246 Å². The first-order chi connectivity index (χ1) is 14.1. The predicted octanol–water partition coefficient (Wildman–Crippen LogP) is 2.36. The van der Waals surface area contributed by atoms with Gasteiger partial charge in [0.1, 0.15) is 10.1 Å². The molecule has 0 radical (unpaired) electrons. The third-order valence-corrected chi connectivity index (χ3v) is 6.86. The van der Waals surface area contributed by atoms with Crippen LogP contribution in [0.1, 0.15) is 45.6 Å². The Morgan fingerprint density at radius 2 is 1.79 bits per heavy atom. The molecule has 1 amide bonds. The number of carbonyl (C=O) groups is 1. The molecular formula is C20H39N4O7PS. The van der Waals surface area contributed by atoms with Gasteiger partial charge in [0.15, 0.2) is 7.60 Å². The summed E-state index contributed by atoms with van der Waals surface area (Å²) in [5, 5.41) is 2.91. The highest BCUT2D eigenvalue weighted by molar-refractivity contribution is 7.85. The van der Waals surface area contributed by atoms with Gasteiger partial charge in [-0.2, -0.15) is 0 Å². The van der Waals surface area contributed by atoms with Crippen LogP contribution < -0.4 is 28.2 Å². The van der Waals surface area contributed by atoms with Crippen LogP contribution in [0.5, 0.6) is 0 Å². The predicted molar refractivity (Wildman–Crippen MR) is 127 cm³/mol. The van der Waals surface area contributed by atoms with Crippen LogP contribution in [0.15, 0.2) is 40.6 Å². The number of nitrogens with two attached hydrogens (primary N) is 1. The van der Waals surface area contributed by atoms with Crippen molar-refractivity contribution in [3.63, 3.8) is 0 Å². The van der Waals surface area contributed by atoms with E-state index >= 15 is 0 Å². The number of benzene rings is 1. The maximum Gasteiger partial charge on any atom is 0.217 e. The zero-order valence-electron chi connectivity index (χ0n) is 20.1. The highest BCUT2D eigenvalue weighted by Gasteiger charge is 2.32. The Labute approximate surface area is 196 Å². The second-order valence-corrected chi connectivity index (χ2v) is 11.2. The second-order valence-electron chi connectivity index (χ2n) is 8.19. The summed E-state index contributed by atoms with van der Waals surface area (Å²) in [6.07, 6.45) is 2.88. The lowest BCUT2D eigenvalue weighted by Gasteiger charge is -2.37. The van der Waals surface area contributed by atoms with Gasteiger partial charge >= 0.3 is 0 Å². The minimum Gasteiger partial charge on any atom is -0.775 e. The Balaban J connectivity index is 0. The molecule has 1 unspecified atom stereocenters. The standard InChI is InChI=1S/C13H25N2O4P.C7H8O3S.2H3N/c1-8(2)6-13(15-9(3)16)11-5-4-10(7-12(11)14)20(17,18)19;1-6-2-4-7(5-3-6)11(8,9)10;;/h4,8,11-13H,5-7,14H2,1-3H3,(H,15,16)(H2,17,18,19);2-5H,1H3,(H,8,9,10);2*1H3/t11-,12-,13+;;;/m1.../s1. The normalized spacial score (nSPS) is 20.6. The van der Waals surface area contributed by atoms with Crippen molar-refractivity contribution in [2.24, 2.45) is 17.6 Å². The van der Waals surface area contributed by atoms with Crippen LogP contribution in [-0.2, 0) is 19.5 Å². The molecule has 13 heteroatoms. The summed E-state index contributed by atoms with van der Waals surface area (Å²) in [6, 6.07) is 5.32. The highest BCUT2D eigenvalue weighted by Crippen LogP contribution is 2.46. The molecule has 1 aromatic carbocycles. The van der Waals surface area contributed by atoms with Gasteiger partial charge < -0.3 is 42.3 Å². The number of hydrogen-bond donors (Lipinski definition) is 5. The van der Waals surface area contributed by atoms with Crippen molar-refractivity contribution < 1.29 is 32.1 Å². The lowest BCUT2D eigenvalue weighted by Crippen LogP contribution is -2.48. The van der Waals surface area contributed by atoms with Crippen molar-refractivity contribution in [3.05, 3.63) is 41.2 Å². The fourth-order valence-electron chi connectivity index (χ4n) is 3.43. The molecule has 4 atom stereocenters. The maximum absolute atomic E-state index is 11.3. The van der Waals surface area contributed by atoms with Crippen LogP contribution >= 0.6 is 7.60 Å². The van der Waals surface area contributed by atoms with Gasteiger partial charge in [-0.3, -0.25) is 4.79 Å². The highest BCUT2D eigenvalue weighted by atomic mass is 32.2. The third-order valence-electron chi connectivity index (χ3n) is 4.92. The van der Waals surface area contributed by atoms with Gasteiger partial charge in [0.25, 0.3) is 0 Å². The molecule has 192 valence electrons. The lowest BCUT2D eigenvalue weighted by molar-refractivity contribution is -0.190. The van der Waals surface area contributed by atoms with Crippen molar-refractivity contribution in [3.8, 4) is 0 Å². The van der Waals surface area contributed by atoms with Crippen molar-refractivity contribution >= 4 is 23.6 Å². The molecule has 1 aliphatic carbocycles. The van der Waals surface area contributed by atoms with Crippen LogP contribution in [0.3, 0.4) is 0 Å². The molecule has 0 spiro atoms. The Hall–Kier alpha value is -1.63. The number of carbonyl (C=O) groups excluding carboxylic acids is 1. The van der Waals surface area contributed by atoms with Crippen LogP contribution in [0.4, 0.5) is 0 Å². The summed E-state index contributed by atoms with van der Waals surface area (Å²) in [7, 11) is -8.72. The molecule has 0 saturated heterocycles. The van der Waals surface area contributed by atoms with E-state index in [9.17, 15) is 27.2 Å². The molecule has 1 aromatic rings. The largest absolute Gasteiger partial charge is 0.775 e. The molecule has 1 aliphatic rings. The molecule has 2 rings (SSSR count). The first kappa shape index (κ1) is 33.5. The van der Waals surface area contributed by atoms with Crippen LogP contribution in [-0.4, -0.2) is 35.9 Å². The van der Waals surface area contributed by atoms with Crippen LogP contribution in [0, 0.1) is 18.8 Å². The number of hydrogen-bond acceptors (Lipinski definition) is 7. The van der Waals surface area contributed by atoms with Crippen molar-refractivity contribution in [1.82, 2.24) is 17.6 Å². The number of quaternary nitrogens is 2. The van der Waals surface area contributed by atoms with Crippen molar-refractivity contribution in [2.75, 3.05) is 0 Å². The molecule has 0 aromatic heterocycles. The van der Waals surface area contributed by atoms with E-state index in [2.05, 4.69) is 19.2 Å². The molecule has 11 nitrogen and oxygen atoms in total. The van der Waals surface area contributed by atoms with Crippen LogP contribution in [0.2, 0.25) is 0 Å². The summed E-state index contributed by atoms with van der Waals surface area (Å²) in [5.74, 6) is 0.263. The molecule has 33 heavy (non-hydrogen) atoms. The van der Waals surface area contributed by atoms with Gasteiger partial charge in [-0.25, -0.2) is 8.42 Å². The Morgan fingerprint density at radius 1 is 1.27 bits per heavy atom. The number of amides is 1. The summed E-state index contributed by atoms with van der Waals surface area (Å²) < 4.78 is 42.3. The Bertz CT molecular complexity index is 930. The van der Waals surface area contributed by atoms with E-state index in [1.807, 2.05) is 6.92 Å². The van der Waals surface area contributed by atoms with E-state index in [-0.39, 0.29) is 52.8 Å². The van der Waals surface area contributed by atoms with E-state index in [1.165, 1.54) is 25.1 Å². The first-order valence-electron chi connectivity index (χ1n) is 9.90. The minimum atomic E-state index is -4.45. The molecule has 0 heterocycles. The Morgan fingerprint density at radius 3 is 2.15 bits per heavy atom. The summed E-state index contributed by atoms with van der Waals surface area (Å²) >= 11 is 0. The summed E-state index contributed by atoms with van der Waals surface area (Å²) in [5.41, 5.74) is 6.98. The van der Waals surface area contributed by atoms with Gasteiger partial charge in [-0.15, -0.1) is 0 Å². The van der Waals surface area contributed by atoms with E-state index in [4.69, 9.17) is 10.6 Å². The fourth-order valence-corrected chi connectivity index (χ4v) is 4.68.